The molecule has 0 aliphatic rings. The summed E-state index contributed by atoms with van der Waals surface area (Å²) in [5, 5.41) is 0. The third-order valence-corrected chi connectivity index (χ3v) is 3.47. The van der Waals surface area contributed by atoms with Crippen LogP contribution in [0.3, 0.4) is 0 Å². The number of H-pyrrole nitrogens is 1. The first-order chi connectivity index (χ1) is 9.43. The molecule has 0 unspecified atom stereocenters. The Morgan fingerprint density at radius 3 is 2.80 bits per heavy atom. The standard InChI is InChI=1S/C13H10BrFN2O2S/c1-6-10(13(18)19-2)12(20)17-11(16-6)8-5-7(14)3-4-9(8)15/h3-5H,1-2H3,(H,16,17,20). The predicted molar refractivity (Wildman–Crippen MR) is 78.6 cm³/mol. The number of aromatic amines is 1. The van der Waals surface area contributed by atoms with Crippen LogP contribution in [0.15, 0.2) is 22.7 Å². The summed E-state index contributed by atoms with van der Waals surface area (Å²) in [6, 6.07) is 4.49. The number of esters is 1. The van der Waals surface area contributed by atoms with Crippen molar-refractivity contribution in [1.29, 1.82) is 0 Å². The van der Waals surface area contributed by atoms with Gasteiger partial charge in [0.25, 0.3) is 0 Å². The lowest BCUT2D eigenvalue weighted by Crippen LogP contribution is -2.09. The second-order valence-corrected chi connectivity index (χ2v) is 5.31. The fourth-order valence-corrected chi connectivity index (χ4v) is 2.42. The highest BCUT2D eigenvalue weighted by molar-refractivity contribution is 9.10. The summed E-state index contributed by atoms with van der Waals surface area (Å²) in [4.78, 5) is 18.5. The molecule has 2 aromatic rings. The minimum Gasteiger partial charge on any atom is -0.465 e. The van der Waals surface area contributed by atoms with E-state index in [1.165, 1.54) is 13.2 Å². The molecule has 0 aliphatic heterocycles. The maximum atomic E-state index is 13.8. The van der Waals surface area contributed by atoms with Crippen molar-refractivity contribution in [2.45, 2.75) is 6.92 Å². The summed E-state index contributed by atoms with van der Waals surface area (Å²) in [7, 11) is 1.26. The van der Waals surface area contributed by atoms with Crippen molar-refractivity contribution in [3.05, 3.63) is 44.4 Å². The van der Waals surface area contributed by atoms with Crippen LogP contribution in [0.2, 0.25) is 0 Å². The molecule has 20 heavy (non-hydrogen) atoms. The van der Waals surface area contributed by atoms with Gasteiger partial charge in [0.05, 0.1) is 12.7 Å². The van der Waals surface area contributed by atoms with Crippen molar-refractivity contribution in [2.24, 2.45) is 0 Å². The highest BCUT2D eigenvalue weighted by Crippen LogP contribution is 2.24. The van der Waals surface area contributed by atoms with Crippen molar-refractivity contribution in [3.63, 3.8) is 0 Å². The molecular weight excluding hydrogens is 347 g/mol. The van der Waals surface area contributed by atoms with Crippen molar-refractivity contribution < 1.29 is 13.9 Å². The van der Waals surface area contributed by atoms with Crippen molar-refractivity contribution in [3.8, 4) is 11.4 Å². The highest BCUT2D eigenvalue weighted by atomic mass is 79.9. The van der Waals surface area contributed by atoms with Gasteiger partial charge in [-0.25, -0.2) is 14.2 Å². The minimum absolute atomic E-state index is 0.0717. The number of halogens is 2. The third kappa shape index (κ3) is 2.78. The molecule has 0 bridgehead atoms. The molecule has 4 nitrogen and oxygen atoms in total. The number of rotatable bonds is 2. The SMILES string of the molecule is COC(=O)c1c(C)[nH]c(-c2cc(Br)ccc2F)nc1=S. The van der Waals surface area contributed by atoms with Crippen LogP contribution in [-0.4, -0.2) is 23.0 Å². The highest BCUT2D eigenvalue weighted by Gasteiger charge is 2.16. The van der Waals surface area contributed by atoms with Gasteiger partial charge in [0.15, 0.2) is 0 Å². The van der Waals surface area contributed by atoms with E-state index in [0.717, 1.165) is 0 Å². The van der Waals surface area contributed by atoms with E-state index in [-0.39, 0.29) is 21.6 Å². The molecular formula is C13H10BrFN2O2S. The molecule has 104 valence electrons. The number of hydrogen-bond acceptors (Lipinski definition) is 4. The Morgan fingerprint density at radius 1 is 1.50 bits per heavy atom. The lowest BCUT2D eigenvalue weighted by molar-refractivity contribution is 0.0598. The van der Waals surface area contributed by atoms with Crippen LogP contribution < -0.4 is 0 Å². The van der Waals surface area contributed by atoms with E-state index in [2.05, 4.69) is 30.6 Å². The fraction of sp³-hybridized carbons (Fsp3) is 0.154. The molecule has 1 heterocycles. The Hall–Kier alpha value is -1.60. The van der Waals surface area contributed by atoms with Crippen LogP contribution in [0.1, 0.15) is 16.1 Å². The molecule has 0 saturated heterocycles. The molecule has 1 aromatic heterocycles. The van der Waals surface area contributed by atoms with Gasteiger partial charge in [0, 0.05) is 10.2 Å². The molecule has 0 amide bonds. The van der Waals surface area contributed by atoms with Crippen LogP contribution in [0, 0.1) is 17.4 Å². The average Bonchev–Trinajstić information content (AvgIpc) is 2.40. The Morgan fingerprint density at radius 2 is 2.20 bits per heavy atom. The molecule has 2 rings (SSSR count). The number of carbonyl (C=O) groups excluding carboxylic acids is 1. The van der Waals surface area contributed by atoms with Gasteiger partial charge in [-0.05, 0) is 25.1 Å². The van der Waals surface area contributed by atoms with Crippen molar-refractivity contribution in [2.75, 3.05) is 7.11 Å². The van der Waals surface area contributed by atoms with Crippen molar-refractivity contribution >= 4 is 34.1 Å². The van der Waals surface area contributed by atoms with Gasteiger partial charge in [0.1, 0.15) is 21.8 Å². The molecule has 0 saturated carbocycles. The lowest BCUT2D eigenvalue weighted by Gasteiger charge is -2.08. The molecule has 0 aliphatic carbocycles. The minimum atomic E-state index is -0.572. The number of aryl methyl sites for hydroxylation is 1. The second-order valence-electron chi connectivity index (χ2n) is 4.01. The Labute approximate surface area is 128 Å². The number of nitrogens with one attached hydrogen (secondary N) is 1. The number of nitrogens with zero attached hydrogens (tertiary/aromatic N) is 1. The third-order valence-electron chi connectivity index (χ3n) is 2.68. The molecule has 1 aromatic carbocycles. The molecule has 1 N–H and O–H groups in total. The Kier molecular flexibility index (Phi) is 4.29. The van der Waals surface area contributed by atoms with E-state index in [9.17, 15) is 9.18 Å². The van der Waals surface area contributed by atoms with Gasteiger partial charge in [-0.1, -0.05) is 28.1 Å². The molecule has 0 radical (unpaired) electrons. The zero-order valence-electron chi connectivity index (χ0n) is 10.7. The number of carbonyl (C=O) groups is 1. The first-order valence-electron chi connectivity index (χ1n) is 5.58. The van der Waals surface area contributed by atoms with E-state index in [0.29, 0.717) is 10.2 Å². The lowest BCUT2D eigenvalue weighted by atomic mass is 10.2. The molecule has 0 spiro atoms. The first kappa shape index (κ1) is 14.8. The van der Waals surface area contributed by atoms with Crippen LogP contribution in [0.5, 0.6) is 0 Å². The second kappa shape index (κ2) is 5.80. The summed E-state index contributed by atoms with van der Waals surface area (Å²) in [5.74, 6) is -0.743. The average molecular weight is 357 g/mol. The summed E-state index contributed by atoms with van der Waals surface area (Å²) in [6.45, 7) is 1.66. The fourth-order valence-electron chi connectivity index (χ4n) is 1.73. The van der Waals surface area contributed by atoms with E-state index < -0.39 is 11.8 Å². The van der Waals surface area contributed by atoms with Crippen LogP contribution in [-0.2, 0) is 4.74 Å². The molecule has 0 fully saturated rings. The van der Waals surface area contributed by atoms with Gasteiger partial charge < -0.3 is 9.72 Å². The Balaban J connectivity index is 2.64. The quantitative estimate of drug-likeness (QED) is 0.656. The number of ether oxygens (including phenoxy) is 1. The van der Waals surface area contributed by atoms with Crippen LogP contribution in [0.25, 0.3) is 11.4 Å². The van der Waals surface area contributed by atoms with Crippen LogP contribution in [0.4, 0.5) is 4.39 Å². The van der Waals surface area contributed by atoms with Gasteiger partial charge in [-0.3, -0.25) is 0 Å². The van der Waals surface area contributed by atoms with Crippen molar-refractivity contribution in [1.82, 2.24) is 9.97 Å². The molecule has 0 atom stereocenters. The van der Waals surface area contributed by atoms with Gasteiger partial charge in [-0.15, -0.1) is 0 Å². The maximum absolute atomic E-state index is 13.8. The number of aromatic nitrogens is 2. The zero-order chi connectivity index (χ0) is 14.9. The summed E-state index contributed by atoms with van der Waals surface area (Å²) >= 11 is 8.35. The van der Waals surface area contributed by atoms with Gasteiger partial charge in [0.2, 0.25) is 0 Å². The Bertz CT molecular complexity index is 746. The summed E-state index contributed by atoms with van der Waals surface area (Å²) < 4.78 is 19.3. The van der Waals surface area contributed by atoms with E-state index in [4.69, 9.17) is 12.2 Å². The first-order valence-corrected chi connectivity index (χ1v) is 6.79. The zero-order valence-corrected chi connectivity index (χ0v) is 13.1. The number of hydrogen-bond donors (Lipinski definition) is 1. The smallest absolute Gasteiger partial charge is 0.342 e. The predicted octanol–water partition coefficient (Wildman–Crippen LogP) is 3.80. The summed E-state index contributed by atoms with van der Waals surface area (Å²) in [5.41, 5.74) is 0.929. The largest absolute Gasteiger partial charge is 0.465 e. The summed E-state index contributed by atoms with van der Waals surface area (Å²) in [6.07, 6.45) is 0. The number of benzene rings is 1. The van der Waals surface area contributed by atoms with Gasteiger partial charge in [-0.2, -0.15) is 0 Å². The molecule has 7 heteroatoms. The van der Waals surface area contributed by atoms with E-state index in [1.807, 2.05) is 0 Å². The maximum Gasteiger partial charge on any atom is 0.342 e. The van der Waals surface area contributed by atoms with E-state index >= 15 is 0 Å². The normalized spacial score (nSPS) is 10.4. The monoisotopic (exact) mass is 356 g/mol. The van der Waals surface area contributed by atoms with Crippen LogP contribution >= 0.6 is 28.1 Å². The van der Waals surface area contributed by atoms with E-state index in [1.54, 1.807) is 19.1 Å². The number of methoxy groups -OCH3 is 1. The van der Waals surface area contributed by atoms with Gasteiger partial charge >= 0.3 is 5.97 Å². The topological polar surface area (TPSA) is 55.0 Å².